The minimum absolute atomic E-state index is 0.449. The molecule has 0 spiro atoms. The lowest BCUT2D eigenvalue weighted by molar-refractivity contribution is 0.380. The fourth-order valence-corrected chi connectivity index (χ4v) is 3.03. The molecule has 1 aromatic heterocycles. The molecule has 2 aromatic rings. The van der Waals surface area contributed by atoms with Gasteiger partial charge in [-0.1, -0.05) is 24.3 Å². The summed E-state index contributed by atoms with van der Waals surface area (Å²) in [6, 6.07) is 9.80. The van der Waals surface area contributed by atoms with E-state index in [1.54, 1.807) is 0 Å². The van der Waals surface area contributed by atoms with Crippen LogP contribution in [0.5, 0.6) is 0 Å². The maximum Gasteiger partial charge on any atom is 0.0946 e. The normalized spacial score (nSPS) is 19.9. The average molecular weight is 255 g/mol. The van der Waals surface area contributed by atoms with Crippen molar-refractivity contribution in [2.75, 3.05) is 0 Å². The average Bonchev–Trinajstić information content (AvgIpc) is 2.92. The predicted molar refractivity (Wildman–Crippen MR) is 76.9 cm³/mol. The molecule has 0 fully saturated rings. The maximum atomic E-state index is 4.09. The third kappa shape index (κ3) is 2.87. The van der Waals surface area contributed by atoms with E-state index in [4.69, 9.17) is 0 Å². The third-order valence-corrected chi connectivity index (χ3v) is 3.90. The van der Waals surface area contributed by atoms with E-state index < -0.39 is 0 Å². The van der Waals surface area contributed by atoms with Crippen molar-refractivity contribution in [1.29, 1.82) is 0 Å². The molecule has 0 amide bonds. The minimum Gasteiger partial charge on any atom is -0.336 e. The molecule has 1 aromatic carbocycles. The van der Waals surface area contributed by atoms with Crippen molar-refractivity contribution in [2.24, 2.45) is 0 Å². The van der Waals surface area contributed by atoms with Crippen molar-refractivity contribution in [2.45, 2.75) is 44.8 Å². The van der Waals surface area contributed by atoms with Gasteiger partial charge < -0.3 is 9.88 Å². The van der Waals surface area contributed by atoms with Gasteiger partial charge in [-0.05, 0) is 37.3 Å². The number of nitrogens with zero attached hydrogens (tertiary/aromatic N) is 2. The number of aromatic nitrogens is 2. The van der Waals surface area contributed by atoms with Crippen molar-refractivity contribution < 1.29 is 0 Å². The zero-order valence-electron chi connectivity index (χ0n) is 11.4. The Morgan fingerprint density at radius 3 is 3.16 bits per heavy atom. The monoisotopic (exact) mass is 255 g/mol. The molecule has 0 aliphatic heterocycles. The summed E-state index contributed by atoms with van der Waals surface area (Å²) in [4.78, 5) is 4.09. The first-order valence-corrected chi connectivity index (χ1v) is 7.12. The molecule has 0 bridgehead atoms. The van der Waals surface area contributed by atoms with E-state index in [9.17, 15) is 0 Å². The van der Waals surface area contributed by atoms with E-state index in [0.717, 1.165) is 6.54 Å². The maximum absolute atomic E-state index is 4.09. The summed E-state index contributed by atoms with van der Waals surface area (Å²) in [6.45, 7) is 3.22. The second kappa shape index (κ2) is 5.57. The number of imidazole rings is 1. The molecule has 3 heteroatoms. The summed E-state index contributed by atoms with van der Waals surface area (Å²) in [5.41, 5.74) is 3.01. The van der Waals surface area contributed by atoms with Crippen LogP contribution in [0.2, 0.25) is 0 Å². The van der Waals surface area contributed by atoms with Gasteiger partial charge in [0.25, 0.3) is 0 Å². The topological polar surface area (TPSA) is 29.9 Å². The Bertz CT molecular complexity index is 519. The van der Waals surface area contributed by atoms with Crippen LogP contribution >= 0.6 is 0 Å². The van der Waals surface area contributed by atoms with Crippen LogP contribution in [0.1, 0.15) is 36.9 Å². The lowest BCUT2D eigenvalue weighted by Gasteiger charge is -2.29. The van der Waals surface area contributed by atoms with Gasteiger partial charge in [-0.3, -0.25) is 0 Å². The molecule has 1 heterocycles. The first-order valence-electron chi connectivity index (χ1n) is 7.12. The largest absolute Gasteiger partial charge is 0.336 e. The summed E-state index contributed by atoms with van der Waals surface area (Å²) in [5.74, 6) is 0. The van der Waals surface area contributed by atoms with Crippen LogP contribution in [0.15, 0.2) is 43.0 Å². The van der Waals surface area contributed by atoms with Gasteiger partial charge in [0.2, 0.25) is 0 Å². The summed E-state index contributed by atoms with van der Waals surface area (Å²) in [5, 5.41) is 3.76. The van der Waals surface area contributed by atoms with Crippen LogP contribution in [-0.4, -0.2) is 15.6 Å². The van der Waals surface area contributed by atoms with Gasteiger partial charge in [-0.25, -0.2) is 4.98 Å². The van der Waals surface area contributed by atoms with Gasteiger partial charge in [0.1, 0.15) is 0 Å². The van der Waals surface area contributed by atoms with E-state index in [-0.39, 0.29) is 0 Å². The second-order valence-electron chi connectivity index (χ2n) is 5.47. The molecular formula is C16H21N3. The Morgan fingerprint density at radius 1 is 1.42 bits per heavy atom. The molecule has 3 nitrogen and oxygen atoms in total. The van der Waals surface area contributed by atoms with E-state index in [2.05, 4.69) is 46.1 Å². The smallest absolute Gasteiger partial charge is 0.0946 e. The molecule has 3 rings (SSSR count). The molecular weight excluding hydrogens is 234 g/mol. The SMILES string of the molecule is CC(Cn1ccnc1)NC1CCCc2ccccc21. The number of hydrogen-bond donors (Lipinski definition) is 1. The van der Waals surface area contributed by atoms with E-state index in [1.165, 1.54) is 30.4 Å². The zero-order chi connectivity index (χ0) is 13.1. The van der Waals surface area contributed by atoms with Gasteiger partial charge >= 0.3 is 0 Å². The van der Waals surface area contributed by atoms with Gasteiger partial charge in [0.15, 0.2) is 0 Å². The summed E-state index contributed by atoms with van der Waals surface area (Å²) >= 11 is 0. The second-order valence-corrected chi connectivity index (χ2v) is 5.47. The van der Waals surface area contributed by atoms with Gasteiger partial charge in [0, 0.05) is 31.0 Å². The number of fused-ring (bicyclic) bond motifs is 1. The van der Waals surface area contributed by atoms with Crippen LogP contribution < -0.4 is 5.32 Å². The van der Waals surface area contributed by atoms with Crippen LogP contribution in [0.25, 0.3) is 0 Å². The molecule has 19 heavy (non-hydrogen) atoms. The van der Waals surface area contributed by atoms with E-state index in [1.807, 2.05) is 18.7 Å². The lowest BCUT2D eigenvalue weighted by atomic mass is 9.87. The summed E-state index contributed by atoms with van der Waals surface area (Å²) in [7, 11) is 0. The molecule has 0 saturated carbocycles. The van der Waals surface area contributed by atoms with Crippen molar-refractivity contribution in [3.63, 3.8) is 0 Å². The lowest BCUT2D eigenvalue weighted by Crippen LogP contribution is -2.35. The highest BCUT2D eigenvalue weighted by atomic mass is 15.1. The molecule has 1 aliphatic rings. The molecule has 0 saturated heterocycles. The highest BCUT2D eigenvalue weighted by Gasteiger charge is 2.20. The standard InChI is InChI=1S/C16H21N3/c1-13(11-19-10-9-17-12-19)18-16-8-4-6-14-5-2-3-7-15(14)16/h2-3,5,7,9-10,12-13,16,18H,4,6,8,11H2,1H3. The summed E-state index contributed by atoms with van der Waals surface area (Å²) < 4.78 is 2.13. The van der Waals surface area contributed by atoms with Gasteiger partial charge in [0.05, 0.1) is 6.33 Å². The molecule has 100 valence electrons. The Morgan fingerprint density at radius 2 is 2.32 bits per heavy atom. The van der Waals surface area contributed by atoms with Crippen molar-refractivity contribution >= 4 is 0 Å². The Hall–Kier alpha value is -1.61. The number of benzene rings is 1. The number of hydrogen-bond acceptors (Lipinski definition) is 2. The molecule has 0 radical (unpaired) electrons. The Kier molecular flexibility index (Phi) is 3.65. The van der Waals surface area contributed by atoms with Crippen LogP contribution in [0.3, 0.4) is 0 Å². The van der Waals surface area contributed by atoms with Crippen LogP contribution in [-0.2, 0) is 13.0 Å². The highest BCUT2D eigenvalue weighted by Crippen LogP contribution is 2.29. The third-order valence-electron chi connectivity index (χ3n) is 3.90. The highest BCUT2D eigenvalue weighted by molar-refractivity contribution is 5.32. The Labute approximate surface area is 114 Å². The molecule has 2 atom stereocenters. The van der Waals surface area contributed by atoms with Gasteiger partial charge in [-0.2, -0.15) is 0 Å². The van der Waals surface area contributed by atoms with Crippen LogP contribution in [0.4, 0.5) is 0 Å². The predicted octanol–water partition coefficient (Wildman–Crippen LogP) is 2.94. The number of rotatable bonds is 4. The number of aryl methyl sites for hydroxylation is 1. The fourth-order valence-electron chi connectivity index (χ4n) is 3.03. The molecule has 1 aliphatic carbocycles. The molecule has 2 unspecified atom stereocenters. The van der Waals surface area contributed by atoms with Crippen molar-refractivity contribution in [1.82, 2.24) is 14.9 Å². The first-order chi connectivity index (χ1) is 9.33. The summed E-state index contributed by atoms with van der Waals surface area (Å²) in [6.07, 6.45) is 9.49. The zero-order valence-corrected chi connectivity index (χ0v) is 11.4. The van der Waals surface area contributed by atoms with E-state index in [0.29, 0.717) is 12.1 Å². The first kappa shape index (κ1) is 12.4. The van der Waals surface area contributed by atoms with Crippen molar-refractivity contribution in [3.8, 4) is 0 Å². The van der Waals surface area contributed by atoms with Crippen LogP contribution in [0, 0.1) is 0 Å². The van der Waals surface area contributed by atoms with Crippen molar-refractivity contribution in [3.05, 3.63) is 54.1 Å². The minimum atomic E-state index is 0.449. The molecule has 1 N–H and O–H groups in total. The quantitative estimate of drug-likeness (QED) is 0.910. The number of nitrogens with one attached hydrogen (secondary N) is 1. The Balaban J connectivity index is 1.67. The van der Waals surface area contributed by atoms with Gasteiger partial charge in [-0.15, -0.1) is 0 Å². The van der Waals surface area contributed by atoms with E-state index >= 15 is 0 Å². The fraction of sp³-hybridized carbons (Fsp3) is 0.438.